The van der Waals surface area contributed by atoms with E-state index in [2.05, 4.69) is 62.3 Å². The minimum Gasteiger partial charge on any atom is -0.370 e. The first-order chi connectivity index (χ1) is 20.7. The molecule has 1 fully saturated rings. The molecule has 10 heteroatoms. The molecule has 3 aromatic heterocycles. The number of amides is 1. The predicted octanol–water partition coefficient (Wildman–Crippen LogP) is 5.08. The maximum absolute atomic E-state index is 13.8. The summed E-state index contributed by atoms with van der Waals surface area (Å²) in [7, 11) is 1.61. The van der Waals surface area contributed by atoms with Gasteiger partial charge in [-0.05, 0) is 41.7 Å². The second-order valence-corrected chi connectivity index (χ2v) is 10.6. The molecule has 0 saturated carbocycles. The van der Waals surface area contributed by atoms with Crippen molar-refractivity contribution >= 4 is 28.4 Å². The van der Waals surface area contributed by atoms with E-state index in [0.717, 1.165) is 63.3 Å². The summed E-state index contributed by atoms with van der Waals surface area (Å²) >= 11 is 0. The molecule has 2 aromatic carbocycles. The third-order valence-corrected chi connectivity index (χ3v) is 7.99. The van der Waals surface area contributed by atoms with Gasteiger partial charge >= 0.3 is 0 Å². The SMILES string of the molecule is COCN[C@@H](C(=O)N1CCCC1c1ncc2cc(-c3ccc(-c4cnc5c(c4)NCN5)cc3)[nH]c2n1)c1ccccc1. The average Bonchev–Trinajstić information content (AvgIpc) is 3.81. The van der Waals surface area contributed by atoms with Crippen molar-refractivity contribution in [3.05, 3.63) is 90.5 Å². The fourth-order valence-electron chi connectivity index (χ4n) is 5.83. The van der Waals surface area contributed by atoms with Gasteiger partial charge in [0.1, 0.15) is 11.7 Å². The maximum atomic E-state index is 13.8. The van der Waals surface area contributed by atoms with Crippen LogP contribution in [0.15, 0.2) is 79.1 Å². The van der Waals surface area contributed by atoms with Gasteiger partial charge in [-0.2, -0.15) is 0 Å². The van der Waals surface area contributed by atoms with Crippen LogP contribution in [-0.4, -0.2) is 57.8 Å². The molecule has 2 aliphatic rings. The average molecular weight is 561 g/mol. The van der Waals surface area contributed by atoms with Gasteiger partial charge in [0.25, 0.3) is 0 Å². The number of carbonyl (C=O) groups is 1. The van der Waals surface area contributed by atoms with Gasteiger partial charge in [-0.15, -0.1) is 0 Å². The van der Waals surface area contributed by atoms with Gasteiger partial charge in [-0.1, -0.05) is 54.6 Å². The van der Waals surface area contributed by atoms with Crippen molar-refractivity contribution in [3.8, 4) is 22.4 Å². The van der Waals surface area contributed by atoms with Gasteiger partial charge in [-0.3, -0.25) is 10.1 Å². The first-order valence-electron chi connectivity index (χ1n) is 14.2. The van der Waals surface area contributed by atoms with Crippen molar-refractivity contribution in [2.75, 3.05) is 37.7 Å². The van der Waals surface area contributed by atoms with Crippen molar-refractivity contribution in [3.63, 3.8) is 0 Å². The first-order valence-corrected chi connectivity index (χ1v) is 14.2. The third kappa shape index (κ3) is 4.95. The minimum absolute atomic E-state index is 0.00215. The fourth-order valence-corrected chi connectivity index (χ4v) is 5.83. The summed E-state index contributed by atoms with van der Waals surface area (Å²) in [5.74, 6) is 1.54. The molecular formula is C32H32N8O2. The molecule has 1 saturated heterocycles. The Balaban J connectivity index is 1.12. The van der Waals surface area contributed by atoms with Gasteiger partial charge in [-0.25, -0.2) is 15.0 Å². The number of anilines is 2. The van der Waals surface area contributed by atoms with Gasteiger partial charge < -0.3 is 25.3 Å². The van der Waals surface area contributed by atoms with E-state index in [1.54, 1.807) is 7.11 Å². The fraction of sp³-hybridized carbons (Fsp3) is 0.250. The summed E-state index contributed by atoms with van der Waals surface area (Å²) in [6, 6.07) is 21.7. The van der Waals surface area contributed by atoms with Crippen LogP contribution in [0.3, 0.4) is 0 Å². The first kappa shape index (κ1) is 26.1. The van der Waals surface area contributed by atoms with Gasteiger partial charge in [0.05, 0.1) is 25.1 Å². The van der Waals surface area contributed by atoms with E-state index < -0.39 is 6.04 Å². The molecule has 1 unspecified atom stereocenters. The number of H-pyrrole nitrogens is 1. The van der Waals surface area contributed by atoms with Crippen molar-refractivity contribution in [2.24, 2.45) is 0 Å². The summed E-state index contributed by atoms with van der Waals surface area (Å²) in [5, 5.41) is 10.7. The Hall–Kier alpha value is -4.80. The molecule has 7 rings (SSSR count). The number of benzene rings is 2. The van der Waals surface area contributed by atoms with E-state index in [9.17, 15) is 4.79 Å². The molecule has 0 radical (unpaired) electrons. The number of hydrogen-bond acceptors (Lipinski definition) is 8. The number of pyridine rings is 1. The minimum atomic E-state index is -0.504. The summed E-state index contributed by atoms with van der Waals surface area (Å²) in [6.07, 6.45) is 5.46. The number of carbonyl (C=O) groups excluding carboxylic acids is 1. The number of ether oxygens (including phenoxy) is 1. The van der Waals surface area contributed by atoms with Crippen LogP contribution in [0, 0.1) is 0 Å². The molecule has 2 atom stereocenters. The molecule has 5 aromatic rings. The quantitative estimate of drug-likeness (QED) is 0.194. The zero-order chi connectivity index (χ0) is 28.5. The molecule has 0 aliphatic carbocycles. The Morgan fingerprint density at radius 3 is 2.69 bits per heavy atom. The van der Waals surface area contributed by atoms with E-state index in [1.807, 2.05) is 47.6 Å². The van der Waals surface area contributed by atoms with Gasteiger partial charge in [0.15, 0.2) is 11.6 Å². The van der Waals surface area contributed by atoms with E-state index in [-0.39, 0.29) is 18.7 Å². The van der Waals surface area contributed by atoms with Crippen LogP contribution in [0.2, 0.25) is 0 Å². The summed E-state index contributed by atoms with van der Waals surface area (Å²) in [5.41, 5.74) is 6.87. The standard InChI is InChI=1S/C32H32N8O2/c1-42-19-37-28(22-6-3-2-4-7-22)32(41)40-13-5-8-27(40)31-34-17-24-15-25(38-29(24)39-31)21-11-9-20(10-12-21)23-14-26-30(33-16-23)36-18-35-26/h2-4,6-7,9-12,14-17,27-28,35,37H,5,8,13,18-19H2,1H3,(H,33,36)(H,34,38,39)/t27?,28-/m1/s1. The number of fused-ring (bicyclic) bond motifs is 2. The Kier molecular flexibility index (Phi) is 6.98. The number of aromatic nitrogens is 4. The molecular weight excluding hydrogens is 528 g/mol. The highest BCUT2D eigenvalue weighted by molar-refractivity contribution is 5.85. The van der Waals surface area contributed by atoms with Crippen molar-refractivity contribution in [1.82, 2.24) is 30.2 Å². The van der Waals surface area contributed by atoms with E-state index in [0.29, 0.717) is 19.0 Å². The second kappa shape index (κ2) is 11.2. The van der Waals surface area contributed by atoms with Gasteiger partial charge in [0.2, 0.25) is 5.91 Å². The lowest BCUT2D eigenvalue weighted by atomic mass is 10.0. The number of rotatable bonds is 8. The molecule has 10 nitrogen and oxygen atoms in total. The lowest BCUT2D eigenvalue weighted by Crippen LogP contribution is -2.41. The maximum Gasteiger partial charge on any atom is 0.244 e. The number of hydrogen-bond donors (Lipinski definition) is 4. The monoisotopic (exact) mass is 560 g/mol. The molecule has 5 heterocycles. The number of nitrogens with zero attached hydrogens (tertiary/aromatic N) is 4. The molecule has 4 N–H and O–H groups in total. The third-order valence-electron chi connectivity index (χ3n) is 7.99. The smallest absolute Gasteiger partial charge is 0.244 e. The van der Waals surface area contributed by atoms with E-state index >= 15 is 0 Å². The Morgan fingerprint density at radius 2 is 1.86 bits per heavy atom. The highest BCUT2D eigenvalue weighted by Gasteiger charge is 2.36. The lowest BCUT2D eigenvalue weighted by Gasteiger charge is -2.28. The van der Waals surface area contributed by atoms with Crippen molar-refractivity contribution in [2.45, 2.75) is 24.9 Å². The van der Waals surface area contributed by atoms with Crippen LogP contribution in [0.25, 0.3) is 33.4 Å². The van der Waals surface area contributed by atoms with E-state index in [4.69, 9.17) is 14.7 Å². The van der Waals surface area contributed by atoms with Crippen LogP contribution in [0.1, 0.15) is 36.3 Å². The van der Waals surface area contributed by atoms with E-state index in [1.165, 1.54) is 0 Å². The molecule has 42 heavy (non-hydrogen) atoms. The van der Waals surface area contributed by atoms with Crippen LogP contribution in [-0.2, 0) is 9.53 Å². The van der Waals surface area contributed by atoms with Crippen LogP contribution < -0.4 is 16.0 Å². The highest BCUT2D eigenvalue weighted by atomic mass is 16.5. The number of likely N-dealkylation sites (tertiary alicyclic amines) is 1. The van der Waals surface area contributed by atoms with Gasteiger partial charge in [0, 0.05) is 42.7 Å². The second-order valence-electron chi connectivity index (χ2n) is 10.6. The molecule has 1 amide bonds. The Bertz CT molecular complexity index is 1720. The Morgan fingerprint density at radius 1 is 1.02 bits per heavy atom. The van der Waals surface area contributed by atoms with Crippen LogP contribution >= 0.6 is 0 Å². The number of methoxy groups -OCH3 is 1. The van der Waals surface area contributed by atoms with Crippen molar-refractivity contribution in [1.29, 1.82) is 0 Å². The number of aromatic amines is 1. The summed E-state index contributed by atoms with van der Waals surface area (Å²) in [4.78, 5) is 33.3. The lowest BCUT2D eigenvalue weighted by molar-refractivity contribution is -0.135. The highest BCUT2D eigenvalue weighted by Crippen LogP contribution is 2.34. The molecule has 212 valence electrons. The largest absolute Gasteiger partial charge is 0.370 e. The van der Waals surface area contributed by atoms with Crippen LogP contribution in [0.5, 0.6) is 0 Å². The molecule has 0 bridgehead atoms. The summed E-state index contributed by atoms with van der Waals surface area (Å²) < 4.78 is 5.23. The topological polar surface area (TPSA) is 120 Å². The van der Waals surface area contributed by atoms with Crippen LogP contribution in [0.4, 0.5) is 11.5 Å². The van der Waals surface area contributed by atoms with Crippen molar-refractivity contribution < 1.29 is 9.53 Å². The molecule has 0 spiro atoms. The molecule has 2 aliphatic heterocycles. The zero-order valence-electron chi connectivity index (χ0n) is 23.3. The predicted molar refractivity (Wildman–Crippen MR) is 163 cm³/mol. The normalized spacial score (nSPS) is 16.7. The Labute approximate surface area is 243 Å². The summed E-state index contributed by atoms with van der Waals surface area (Å²) in [6.45, 7) is 1.64. The number of nitrogens with one attached hydrogen (secondary N) is 4. The zero-order valence-corrected chi connectivity index (χ0v) is 23.3.